The van der Waals surface area contributed by atoms with E-state index in [0.717, 1.165) is 12.2 Å². The molecule has 0 fully saturated rings. The molecule has 0 aliphatic rings. The van der Waals surface area contributed by atoms with Crippen molar-refractivity contribution in [2.45, 2.75) is 44.1 Å². The van der Waals surface area contributed by atoms with Gasteiger partial charge in [-0.1, -0.05) is 19.9 Å². The van der Waals surface area contributed by atoms with Gasteiger partial charge in [0.2, 0.25) is 0 Å². The number of rotatable bonds is 10. The van der Waals surface area contributed by atoms with Crippen LogP contribution in [0.25, 0.3) is 0 Å². The van der Waals surface area contributed by atoms with Crippen molar-refractivity contribution in [3.8, 4) is 11.5 Å². The summed E-state index contributed by atoms with van der Waals surface area (Å²) < 4.78 is 11.0. The normalized spacial score (nSPS) is 14.5. The number of hydrogen-bond acceptors (Lipinski definition) is 5. The summed E-state index contributed by atoms with van der Waals surface area (Å²) in [6, 6.07) is 7.75. The Hall–Kier alpha value is -0.910. The first-order valence-electron chi connectivity index (χ1n) is 7.59. The standard InChI is InChI=1S/C17H29NO3S/c1-13(10-17(2,3)22-5)18-11-14(19)12-21-16-8-6-7-15(9-16)20-4/h6-9,13-14,18-19H,10-12H2,1-5H3/t13-,14+/m1/s1. The number of aliphatic hydroxyl groups excluding tert-OH is 1. The third kappa shape index (κ3) is 7.38. The van der Waals surface area contributed by atoms with Crippen LogP contribution in [0, 0.1) is 0 Å². The molecule has 0 bridgehead atoms. The topological polar surface area (TPSA) is 50.7 Å². The lowest BCUT2D eigenvalue weighted by Gasteiger charge is -2.27. The molecule has 22 heavy (non-hydrogen) atoms. The number of thioether (sulfide) groups is 1. The van der Waals surface area contributed by atoms with Crippen molar-refractivity contribution in [3.05, 3.63) is 24.3 Å². The molecule has 1 aromatic carbocycles. The molecule has 0 aliphatic carbocycles. The summed E-state index contributed by atoms with van der Waals surface area (Å²) in [4.78, 5) is 0. The lowest BCUT2D eigenvalue weighted by Crippen LogP contribution is -2.39. The van der Waals surface area contributed by atoms with E-state index in [2.05, 4.69) is 32.3 Å². The number of benzene rings is 1. The Kier molecular flexibility index (Phi) is 8.07. The molecule has 0 aliphatic heterocycles. The van der Waals surface area contributed by atoms with Gasteiger partial charge in [0.25, 0.3) is 0 Å². The van der Waals surface area contributed by atoms with E-state index in [-0.39, 0.29) is 11.4 Å². The summed E-state index contributed by atoms with van der Waals surface area (Å²) in [5, 5.41) is 13.4. The highest BCUT2D eigenvalue weighted by Crippen LogP contribution is 2.26. The molecule has 0 heterocycles. The van der Waals surface area contributed by atoms with E-state index < -0.39 is 6.10 Å². The molecule has 0 amide bonds. The summed E-state index contributed by atoms with van der Waals surface area (Å²) in [5.41, 5.74) is 0. The van der Waals surface area contributed by atoms with Crippen molar-refractivity contribution in [2.75, 3.05) is 26.5 Å². The summed E-state index contributed by atoms with van der Waals surface area (Å²) in [6.45, 7) is 7.40. The van der Waals surface area contributed by atoms with Gasteiger partial charge in [0.1, 0.15) is 24.2 Å². The molecule has 1 aromatic rings. The molecular weight excluding hydrogens is 298 g/mol. The van der Waals surface area contributed by atoms with Gasteiger partial charge in [-0.3, -0.25) is 0 Å². The lowest BCUT2D eigenvalue weighted by molar-refractivity contribution is 0.103. The summed E-state index contributed by atoms with van der Waals surface area (Å²) in [6.07, 6.45) is 2.65. The number of methoxy groups -OCH3 is 1. The smallest absolute Gasteiger partial charge is 0.123 e. The van der Waals surface area contributed by atoms with E-state index >= 15 is 0 Å². The fraction of sp³-hybridized carbons (Fsp3) is 0.647. The minimum atomic E-state index is -0.536. The Morgan fingerprint density at radius 1 is 1.32 bits per heavy atom. The van der Waals surface area contributed by atoms with E-state index in [1.54, 1.807) is 7.11 Å². The number of ether oxygens (including phenoxy) is 2. The SMILES string of the molecule is COc1cccc(OC[C@@H](O)CN[C@H](C)CC(C)(C)SC)c1. The molecule has 1 rings (SSSR count). The fourth-order valence-electron chi connectivity index (χ4n) is 2.17. The van der Waals surface area contributed by atoms with Gasteiger partial charge in [0.15, 0.2) is 0 Å². The summed E-state index contributed by atoms with van der Waals surface area (Å²) in [7, 11) is 1.62. The molecule has 0 aromatic heterocycles. The van der Waals surface area contributed by atoms with E-state index in [9.17, 15) is 5.11 Å². The minimum absolute atomic E-state index is 0.245. The van der Waals surface area contributed by atoms with Gasteiger partial charge in [-0.15, -0.1) is 0 Å². The van der Waals surface area contributed by atoms with E-state index in [4.69, 9.17) is 9.47 Å². The average Bonchev–Trinajstić information content (AvgIpc) is 2.50. The van der Waals surface area contributed by atoms with Crippen LogP contribution in [0.5, 0.6) is 11.5 Å². The van der Waals surface area contributed by atoms with Crippen LogP contribution in [0.15, 0.2) is 24.3 Å². The Morgan fingerprint density at radius 3 is 2.64 bits per heavy atom. The van der Waals surface area contributed by atoms with Gasteiger partial charge in [-0.25, -0.2) is 0 Å². The predicted molar refractivity (Wildman–Crippen MR) is 94.2 cm³/mol. The highest BCUT2D eigenvalue weighted by molar-refractivity contribution is 7.99. The molecular formula is C17H29NO3S. The Balaban J connectivity index is 2.29. The second kappa shape index (κ2) is 9.28. The van der Waals surface area contributed by atoms with Crippen LogP contribution in [0.3, 0.4) is 0 Å². The molecule has 0 saturated heterocycles. The second-order valence-corrected chi connectivity index (χ2v) is 7.63. The second-order valence-electron chi connectivity index (χ2n) is 6.12. The van der Waals surface area contributed by atoms with Gasteiger partial charge in [-0.2, -0.15) is 11.8 Å². The Bertz CT molecular complexity index is 440. The molecule has 0 saturated carbocycles. The van der Waals surface area contributed by atoms with Crippen LogP contribution >= 0.6 is 11.8 Å². The molecule has 2 atom stereocenters. The maximum atomic E-state index is 10.0. The monoisotopic (exact) mass is 327 g/mol. The molecule has 0 radical (unpaired) electrons. The molecule has 4 nitrogen and oxygen atoms in total. The zero-order chi connectivity index (χ0) is 16.6. The zero-order valence-corrected chi connectivity index (χ0v) is 15.1. The fourth-order valence-corrected chi connectivity index (χ4v) is 2.59. The van der Waals surface area contributed by atoms with Crippen LogP contribution < -0.4 is 14.8 Å². The number of nitrogens with one attached hydrogen (secondary N) is 1. The van der Waals surface area contributed by atoms with Crippen molar-refractivity contribution in [1.82, 2.24) is 5.32 Å². The van der Waals surface area contributed by atoms with Crippen LogP contribution in [0.1, 0.15) is 27.2 Å². The van der Waals surface area contributed by atoms with Crippen molar-refractivity contribution in [2.24, 2.45) is 0 Å². The Morgan fingerprint density at radius 2 is 2.00 bits per heavy atom. The Labute approximate surface area is 138 Å². The predicted octanol–water partition coefficient (Wildman–Crippen LogP) is 2.94. The quantitative estimate of drug-likeness (QED) is 0.692. The highest BCUT2D eigenvalue weighted by atomic mass is 32.2. The molecule has 0 spiro atoms. The largest absolute Gasteiger partial charge is 0.497 e. The first-order valence-corrected chi connectivity index (χ1v) is 8.82. The first kappa shape index (κ1) is 19.1. The van der Waals surface area contributed by atoms with Crippen LogP contribution in [-0.4, -0.2) is 48.5 Å². The molecule has 126 valence electrons. The first-order chi connectivity index (χ1) is 10.4. The number of hydrogen-bond donors (Lipinski definition) is 2. The zero-order valence-electron chi connectivity index (χ0n) is 14.3. The van der Waals surface area contributed by atoms with Crippen LogP contribution in [0.2, 0.25) is 0 Å². The van der Waals surface area contributed by atoms with E-state index in [0.29, 0.717) is 18.3 Å². The maximum absolute atomic E-state index is 10.0. The van der Waals surface area contributed by atoms with Crippen molar-refractivity contribution in [1.29, 1.82) is 0 Å². The van der Waals surface area contributed by atoms with Crippen LogP contribution in [0.4, 0.5) is 0 Å². The van der Waals surface area contributed by atoms with Crippen LogP contribution in [-0.2, 0) is 0 Å². The highest BCUT2D eigenvalue weighted by Gasteiger charge is 2.20. The summed E-state index contributed by atoms with van der Waals surface area (Å²) >= 11 is 1.86. The summed E-state index contributed by atoms with van der Waals surface area (Å²) in [5.74, 6) is 1.45. The molecule has 0 unspecified atom stereocenters. The minimum Gasteiger partial charge on any atom is -0.497 e. The van der Waals surface area contributed by atoms with Crippen molar-refractivity contribution >= 4 is 11.8 Å². The van der Waals surface area contributed by atoms with E-state index in [1.807, 2.05) is 36.0 Å². The van der Waals surface area contributed by atoms with Gasteiger partial charge in [0, 0.05) is 23.4 Å². The average molecular weight is 327 g/mol. The van der Waals surface area contributed by atoms with Crippen molar-refractivity contribution < 1.29 is 14.6 Å². The third-order valence-corrected chi connectivity index (χ3v) is 4.81. The molecule has 2 N–H and O–H groups in total. The maximum Gasteiger partial charge on any atom is 0.123 e. The lowest BCUT2D eigenvalue weighted by atomic mass is 10.0. The van der Waals surface area contributed by atoms with Gasteiger partial charge < -0.3 is 19.9 Å². The van der Waals surface area contributed by atoms with E-state index in [1.165, 1.54) is 0 Å². The van der Waals surface area contributed by atoms with Gasteiger partial charge in [0.05, 0.1) is 7.11 Å². The van der Waals surface area contributed by atoms with Gasteiger partial charge >= 0.3 is 0 Å². The van der Waals surface area contributed by atoms with Crippen molar-refractivity contribution in [3.63, 3.8) is 0 Å². The number of aliphatic hydroxyl groups is 1. The van der Waals surface area contributed by atoms with Gasteiger partial charge in [-0.05, 0) is 31.7 Å². The third-order valence-electron chi connectivity index (χ3n) is 3.54. The molecule has 5 heteroatoms.